The Balaban J connectivity index is 2.45. The van der Waals surface area contributed by atoms with Gasteiger partial charge in [0.25, 0.3) is 15.9 Å². The summed E-state index contributed by atoms with van der Waals surface area (Å²) in [7, 11) is -1.01. The molecule has 1 aromatic heterocycles. The SMILES string of the molecule is CNC(=O)c1ccccc1NS(=O)(=O)c1c(Br)nnn1C. The predicted octanol–water partition coefficient (Wildman–Crippen LogP) is 0.738. The molecule has 0 unspecified atom stereocenters. The largest absolute Gasteiger partial charge is 0.355 e. The van der Waals surface area contributed by atoms with Gasteiger partial charge in [-0.2, -0.15) is 8.42 Å². The first-order valence-corrected chi connectivity index (χ1v) is 8.03. The summed E-state index contributed by atoms with van der Waals surface area (Å²) >= 11 is 3.03. The molecule has 0 atom stereocenters. The summed E-state index contributed by atoms with van der Waals surface area (Å²) in [5.41, 5.74) is 0.389. The van der Waals surface area contributed by atoms with E-state index in [9.17, 15) is 13.2 Å². The second-order valence-corrected chi connectivity index (χ2v) is 6.39. The Morgan fingerprint density at radius 3 is 2.57 bits per heavy atom. The van der Waals surface area contributed by atoms with Crippen LogP contribution >= 0.6 is 15.9 Å². The number of aryl methyl sites for hydroxylation is 1. The van der Waals surface area contributed by atoms with Gasteiger partial charge < -0.3 is 5.32 Å². The molecule has 2 aromatic rings. The van der Waals surface area contributed by atoms with Crippen LogP contribution in [-0.4, -0.2) is 36.4 Å². The van der Waals surface area contributed by atoms with Crippen LogP contribution in [0, 0.1) is 0 Å². The van der Waals surface area contributed by atoms with Crippen LogP contribution in [0.1, 0.15) is 10.4 Å². The van der Waals surface area contributed by atoms with Gasteiger partial charge in [0.15, 0.2) is 4.60 Å². The molecule has 1 heterocycles. The zero-order chi connectivity index (χ0) is 15.6. The monoisotopic (exact) mass is 373 g/mol. The summed E-state index contributed by atoms with van der Waals surface area (Å²) in [4.78, 5) is 11.8. The van der Waals surface area contributed by atoms with Crippen LogP contribution in [0.25, 0.3) is 0 Å². The van der Waals surface area contributed by atoms with E-state index in [1.807, 2.05) is 0 Å². The maximum absolute atomic E-state index is 12.4. The summed E-state index contributed by atoms with van der Waals surface area (Å²) in [5.74, 6) is -0.393. The van der Waals surface area contributed by atoms with Crippen molar-refractivity contribution in [3.63, 3.8) is 0 Å². The van der Waals surface area contributed by atoms with Crippen molar-refractivity contribution in [3.05, 3.63) is 34.4 Å². The molecule has 0 saturated heterocycles. The quantitative estimate of drug-likeness (QED) is 0.821. The number of nitrogens with one attached hydrogen (secondary N) is 2. The van der Waals surface area contributed by atoms with E-state index >= 15 is 0 Å². The second kappa shape index (κ2) is 5.82. The van der Waals surface area contributed by atoms with E-state index in [1.165, 1.54) is 26.2 Å². The summed E-state index contributed by atoms with van der Waals surface area (Å²) in [6.45, 7) is 0. The fraction of sp³-hybridized carbons (Fsp3) is 0.182. The number of benzene rings is 1. The molecule has 0 aliphatic rings. The third-order valence-corrected chi connectivity index (χ3v) is 4.89. The Morgan fingerprint density at radius 1 is 1.33 bits per heavy atom. The van der Waals surface area contributed by atoms with E-state index in [4.69, 9.17) is 0 Å². The van der Waals surface area contributed by atoms with E-state index < -0.39 is 15.9 Å². The zero-order valence-corrected chi connectivity index (χ0v) is 13.6. The number of aromatic nitrogens is 3. The highest BCUT2D eigenvalue weighted by Gasteiger charge is 2.25. The Morgan fingerprint density at radius 2 is 2.00 bits per heavy atom. The first-order valence-electron chi connectivity index (χ1n) is 5.76. The van der Waals surface area contributed by atoms with Crippen LogP contribution < -0.4 is 10.0 Å². The normalized spacial score (nSPS) is 11.2. The second-order valence-electron chi connectivity index (χ2n) is 4.04. The molecule has 2 N–H and O–H groups in total. The molecule has 1 aromatic carbocycles. The first-order chi connectivity index (χ1) is 9.86. The van der Waals surface area contributed by atoms with Crippen molar-refractivity contribution in [2.75, 3.05) is 11.8 Å². The molecule has 8 nitrogen and oxygen atoms in total. The molecule has 2 rings (SSSR count). The number of carbonyl (C=O) groups excluding carboxylic acids is 1. The number of amides is 1. The molecule has 0 spiro atoms. The highest BCUT2D eigenvalue weighted by Crippen LogP contribution is 2.23. The molecular weight excluding hydrogens is 362 g/mol. The van der Waals surface area contributed by atoms with E-state index in [0.717, 1.165) is 4.68 Å². The van der Waals surface area contributed by atoms with Gasteiger partial charge in [0.1, 0.15) is 0 Å². The number of carbonyl (C=O) groups is 1. The molecule has 10 heteroatoms. The Hall–Kier alpha value is -1.94. The van der Waals surface area contributed by atoms with Crippen molar-refractivity contribution >= 4 is 37.5 Å². The molecule has 0 aliphatic carbocycles. The zero-order valence-electron chi connectivity index (χ0n) is 11.2. The molecule has 112 valence electrons. The lowest BCUT2D eigenvalue weighted by atomic mass is 10.2. The number of anilines is 1. The maximum Gasteiger partial charge on any atom is 0.281 e. The smallest absolute Gasteiger partial charge is 0.281 e. The number of sulfonamides is 1. The average molecular weight is 374 g/mol. The number of hydrogen-bond acceptors (Lipinski definition) is 5. The van der Waals surface area contributed by atoms with E-state index in [-0.39, 0.29) is 20.9 Å². The topological polar surface area (TPSA) is 106 Å². The number of para-hydroxylation sites is 1. The van der Waals surface area contributed by atoms with Crippen molar-refractivity contribution in [2.45, 2.75) is 5.03 Å². The minimum absolute atomic E-state index is 0.0925. The van der Waals surface area contributed by atoms with Gasteiger partial charge in [-0.05, 0) is 28.1 Å². The molecule has 0 fully saturated rings. The highest BCUT2D eigenvalue weighted by atomic mass is 79.9. The van der Waals surface area contributed by atoms with Gasteiger partial charge in [0.05, 0.1) is 11.3 Å². The Bertz CT molecular complexity index is 767. The number of rotatable bonds is 4. The lowest BCUT2D eigenvalue weighted by Crippen LogP contribution is -2.22. The third kappa shape index (κ3) is 3.05. The molecule has 0 bridgehead atoms. The van der Waals surface area contributed by atoms with Crippen LogP contribution in [0.5, 0.6) is 0 Å². The number of nitrogens with zero attached hydrogens (tertiary/aromatic N) is 3. The molecule has 0 aliphatic heterocycles. The van der Waals surface area contributed by atoms with Crippen molar-refractivity contribution in [3.8, 4) is 0 Å². The van der Waals surface area contributed by atoms with Crippen molar-refractivity contribution in [1.82, 2.24) is 20.3 Å². The lowest BCUT2D eigenvalue weighted by Gasteiger charge is -2.11. The molecule has 1 amide bonds. The van der Waals surface area contributed by atoms with Crippen LogP contribution in [0.15, 0.2) is 33.9 Å². The van der Waals surface area contributed by atoms with Crippen molar-refractivity contribution < 1.29 is 13.2 Å². The molecule has 21 heavy (non-hydrogen) atoms. The summed E-state index contributed by atoms with van der Waals surface area (Å²) < 4.78 is 28.4. The van der Waals surface area contributed by atoms with Gasteiger partial charge in [-0.1, -0.05) is 17.3 Å². The first kappa shape index (κ1) is 15.4. The van der Waals surface area contributed by atoms with Gasteiger partial charge in [-0.15, -0.1) is 5.10 Å². The molecule has 0 radical (unpaired) electrons. The van der Waals surface area contributed by atoms with Crippen LogP contribution in [0.3, 0.4) is 0 Å². The number of hydrogen-bond donors (Lipinski definition) is 2. The Labute approximate surface area is 129 Å². The van der Waals surface area contributed by atoms with Gasteiger partial charge in [0.2, 0.25) is 5.03 Å². The average Bonchev–Trinajstić information content (AvgIpc) is 2.78. The minimum Gasteiger partial charge on any atom is -0.355 e. The van der Waals surface area contributed by atoms with Gasteiger partial charge >= 0.3 is 0 Å². The van der Waals surface area contributed by atoms with Gasteiger partial charge in [-0.3, -0.25) is 9.52 Å². The summed E-state index contributed by atoms with van der Waals surface area (Å²) in [5, 5.41) is 9.57. The third-order valence-electron chi connectivity index (χ3n) is 2.63. The van der Waals surface area contributed by atoms with Crippen LogP contribution in [-0.2, 0) is 17.1 Å². The van der Waals surface area contributed by atoms with E-state index in [1.54, 1.807) is 12.1 Å². The van der Waals surface area contributed by atoms with Crippen molar-refractivity contribution in [1.29, 1.82) is 0 Å². The van der Waals surface area contributed by atoms with Crippen molar-refractivity contribution in [2.24, 2.45) is 7.05 Å². The van der Waals surface area contributed by atoms with E-state index in [2.05, 4.69) is 36.3 Å². The van der Waals surface area contributed by atoms with Crippen LogP contribution in [0.4, 0.5) is 5.69 Å². The maximum atomic E-state index is 12.4. The van der Waals surface area contributed by atoms with E-state index in [0.29, 0.717) is 0 Å². The highest BCUT2D eigenvalue weighted by molar-refractivity contribution is 9.10. The summed E-state index contributed by atoms with van der Waals surface area (Å²) in [6, 6.07) is 6.29. The fourth-order valence-corrected chi connectivity index (χ4v) is 3.88. The van der Waals surface area contributed by atoms with Gasteiger partial charge in [-0.25, -0.2) is 4.68 Å². The fourth-order valence-electron chi connectivity index (χ4n) is 1.71. The molecule has 0 saturated carbocycles. The number of halogens is 1. The van der Waals surface area contributed by atoms with Gasteiger partial charge in [0, 0.05) is 14.1 Å². The minimum atomic E-state index is -3.93. The Kier molecular flexibility index (Phi) is 4.28. The standard InChI is InChI=1S/C11H12BrN5O3S/c1-13-10(18)7-5-3-4-6-8(7)15-21(19,20)11-9(12)14-16-17(11)2/h3-6,15H,1-2H3,(H,13,18). The lowest BCUT2D eigenvalue weighted by molar-refractivity contribution is 0.0964. The van der Waals surface area contributed by atoms with Crippen LogP contribution in [0.2, 0.25) is 0 Å². The predicted molar refractivity (Wildman–Crippen MR) is 79.3 cm³/mol. The summed E-state index contributed by atoms with van der Waals surface area (Å²) in [6.07, 6.45) is 0. The molecular formula is C11H12BrN5O3S.